The summed E-state index contributed by atoms with van der Waals surface area (Å²) in [7, 11) is 0. The van der Waals surface area contributed by atoms with E-state index in [9.17, 15) is 4.79 Å². The number of aromatic nitrogens is 3. The van der Waals surface area contributed by atoms with Crippen molar-refractivity contribution in [3.63, 3.8) is 0 Å². The zero-order valence-corrected chi connectivity index (χ0v) is 21.6. The highest BCUT2D eigenvalue weighted by molar-refractivity contribution is 5.93. The van der Waals surface area contributed by atoms with E-state index in [2.05, 4.69) is 23.5 Å². The van der Waals surface area contributed by atoms with E-state index < -0.39 is 0 Å². The number of para-hydroxylation sites is 1. The largest absolute Gasteiger partial charge is 0.493 e. The Kier molecular flexibility index (Phi) is 7.64. The second kappa shape index (κ2) is 11.6. The highest BCUT2D eigenvalue weighted by Crippen LogP contribution is 2.29. The van der Waals surface area contributed by atoms with E-state index in [1.54, 1.807) is 6.07 Å². The Morgan fingerprint density at radius 1 is 0.974 bits per heavy atom. The molecule has 2 heterocycles. The topological polar surface area (TPSA) is 82.2 Å². The van der Waals surface area contributed by atoms with Crippen molar-refractivity contribution in [2.24, 2.45) is 0 Å². The van der Waals surface area contributed by atoms with E-state index in [4.69, 9.17) is 14.4 Å². The van der Waals surface area contributed by atoms with E-state index in [0.717, 1.165) is 52.2 Å². The second-order valence-electron chi connectivity index (χ2n) is 9.09. The Labute approximate surface area is 222 Å². The van der Waals surface area contributed by atoms with Gasteiger partial charge in [0, 0.05) is 35.5 Å². The summed E-state index contributed by atoms with van der Waals surface area (Å²) in [5, 5.41) is 11.8. The highest BCUT2D eigenvalue weighted by atomic mass is 16.5. The van der Waals surface area contributed by atoms with Gasteiger partial charge in [0.15, 0.2) is 11.5 Å². The molecule has 0 aliphatic carbocycles. The number of unbranched alkanes of at least 4 members (excludes halogenated alkanes) is 1. The minimum absolute atomic E-state index is 0.227. The van der Waals surface area contributed by atoms with Gasteiger partial charge >= 0.3 is 0 Å². The maximum absolute atomic E-state index is 12.9. The fraction of sp³-hybridized carbons (Fsp3) is 0.194. The van der Waals surface area contributed by atoms with Crippen molar-refractivity contribution in [1.82, 2.24) is 20.3 Å². The van der Waals surface area contributed by atoms with Crippen LogP contribution < -0.4 is 10.1 Å². The lowest BCUT2D eigenvalue weighted by atomic mass is 10.0. The SMILES string of the molecule is CCCCOc1ccc(-c2nn(-c3ccccc3)cc2CNC(=O)c2cc(-c3ccccc3)on2)cc1C. The molecule has 2 aromatic heterocycles. The second-order valence-corrected chi connectivity index (χ2v) is 9.09. The van der Waals surface area contributed by atoms with Crippen molar-refractivity contribution in [3.8, 4) is 34.0 Å². The van der Waals surface area contributed by atoms with Gasteiger partial charge in [-0.2, -0.15) is 5.10 Å². The lowest BCUT2D eigenvalue weighted by Gasteiger charge is -2.10. The Balaban J connectivity index is 1.39. The van der Waals surface area contributed by atoms with Crippen LogP contribution in [-0.2, 0) is 6.54 Å². The number of carbonyl (C=O) groups is 1. The van der Waals surface area contributed by atoms with E-state index in [1.807, 2.05) is 90.6 Å². The minimum Gasteiger partial charge on any atom is -0.493 e. The average molecular weight is 507 g/mol. The predicted octanol–water partition coefficient (Wildman–Crippen LogP) is 6.61. The number of nitrogens with zero attached hydrogens (tertiary/aromatic N) is 3. The van der Waals surface area contributed by atoms with Crippen molar-refractivity contribution in [2.75, 3.05) is 6.61 Å². The Morgan fingerprint density at radius 2 is 1.74 bits per heavy atom. The first kappa shape index (κ1) is 25.0. The monoisotopic (exact) mass is 506 g/mol. The molecule has 0 spiro atoms. The molecule has 1 N–H and O–H groups in total. The van der Waals surface area contributed by atoms with E-state index in [1.165, 1.54) is 0 Å². The number of hydrogen-bond donors (Lipinski definition) is 1. The Morgan fingerprint density at radius 3 is 2.47 bits per heavy atom. The fourth-order valence-corrected chi connectivity index (χ4v) is 4.17. The zero-order valence-electron chi connectivity index (χ0n) is 21.6. The number of benzene rings is 3. The van der Waals surface area contributed by atoms with Crippen LogP contribution in [0.25, 0.3) is 28.3 Å². The third-order valence-corrected chi connectivity index (χ3v) is 6.26. The first-order chi connectivity index (χ1) is 18.6. The van der Waals surface area contributed by atoms with Crippen LogP contribution in [0.4, 0.5) is 0 Å². The minimum atomic E-state index is -0.315. The molecular formula is C31H30N4O3. The molecule has 0 fully saturated rings. The van der Waals surface area contributed by atoms with Crippen molar-refractivity contribution >= 4 is 5.91 Å². The zero-order chi connectivity index (χ0) is 26.3. The summed E-state index contributed by atoms with van der Waals surface area (Å²) >= 11 is 0. The van der Waals surface area contributed by atoms with Crippen molar-refractivity contribution in [3.05, 3.63) is 108 Å². The molecule has 192 valence electrons. The number of amides is 1. The van der Waals surface area contributed by atoms with Crippen LogP contribution in [0.3, 0.4) is 0 Å². The molecule has 7 heteroatoms. The maximum atomic E-state index is 12.9. The number of rotatable bonds is 10. The molecule has 0 saturated carbocycles. The summed E-state index contributed by atoms with van der Waals surface area (Å²) in [6.45, 7) is 5.16. The Bertz CT molecular complexity index is 1510. The van der Waals surface area contributed by atoms with Gasteiger partial charge < -0.3 is 14.6 Å². The van der Waals surface area contributed by atoms with Crippen molar-refractivity contribution in [2.45, 2.75) is 33.2 Å². The van der Waals surface area contributed by atoms with Crippen LogP contribution in [-0.4, -0.2) is 27.5 Å². The smallest absolute Gasteiger partial charge is 0.273 e. The summed E-state index contributed by atoms with van der Waals surface area (Å²) in [5.74, 6) is 1.11. The fourth-order valence-electron chi connectivity index (χ4n) is 4.17. The third-order valence-electron chi connectivity index (χ3n) is 6.26. The van der Waals surface area contributed by atoms with Gasteiger partial charge in [0.25, 0.3) is 5.91 Å². The summed E-state index contributed by atoms with van der Waals surface area (Å²) in [5.41, 5.74) is 5.70. The molecule has 0 saturated heterocycles. The lowest BCUT2D eigenvalue weighted by molar-refractivity contribution is 0.0942. The normalized spacial score (nSPS) is 10.9. The third kappa shape index (κ3) is 5.67. The van der Waals surface area contributed by atoms with Gasteiger partial charge in [-0.25, -0.2) is 4.68 Å². The summed E-state index contributed by atoms with van der Waals surface area (Å²) in [6.07, 6.45) is 4.06. The number of nitrogens with one attached hydrogen (secondary N) is 1. The quantitative estimate of drug-likeness (QED) is 0.216. The van der Waals surface area contributed by atoms with Crippen LogP contribution in [0.15, 0.2) is 95.6 Å². The van der Waals surface area contributed by atoms with Gasteiger partial charge in [0.1, 0.15) is 5.75 Å². The molecule has 1 amide bonds. The van der Waals surface area contributed by atoms with Gasteiger partial charge in [-0.3, -0.25) is 4.79 Å². The molecule has 0 radical (unpaired) electrons. The molecule has 0 aliphatic heterocycles. The van der Waals surface area contributed by atoms with Gasteiger partial charge in [-0.15, -0.1) is 0 Å². The molecule has 3 aromatic carbocycles. The predicted molar refractivity (Wildman–Crippen MR) is 147 cm³/mol. The number of hydrogen-bond acceptors (Lipinski definition) is 5. The van der Waals surface area contributed by atoms with Crippen LogP contribution in [0.1, 0.15) is 41.4 Å². The number of aryl methyl sites for hydroxylation is 1. The molecular weight excluding hydrogens is 476 g/mol. The lowest BCUT2D eigenvalue weighted by Crippen LogP contribution is -2.23. The standard InChI is InChI=1S/C31H30N4O3/c1-3-4-17-37-28-16-15-24(18-22(28)2)30-25(21-35(33-30)26-13-9-6-10-14-26)20-32-31(36)27-19-29(38-34-27)23-11-7-5-8-12-23/h5-16,18-19,21H,3-4,17,20H2,1-2H3,(H,32,36). The van der Waals surface area contributed by atoms with E-state index >= 15 is 0 Å². The molecule has 7 nitrogen and oxygen atoms in total. The molecule has 0 atom stereocenters. The summed E-state index contributed by atoms with van der Waals surface area (Å²) in [6, 6.07) is 27.2. The van der Waals surface area contributed by atoms with Crippen LogP contribution in [0.5, 0.6) is 5.75 Å². The van der Waals surface area contributed by atoms with E-state index in [0.29, 0.717) is 12.4 Å². The summed E-state index contributed by atoms with van der Waals surface area (Å²) in [4.78, 5) is 12.9. The molecule has 5 rings (SSSR count). The first-order valence-electron chi connectivity index (χ1n) is 12.8. The van der Waals surface area contributed by atoms with Gasteiger partial charge in [-0.05, 0) is 49.2 Å². The van der Waals surface area contributed by atoms with Gasteiger partial charge in [-0.1, -0.05) is 67.0 Å². The molecule has 5 aromatic rings. The molecule has 38 heavy (non-hydrogen) atoms. The van der Waals surface area contributed by atoms with Crippen LogP contribution >= 0.6 is 0 Å². The number of ether oxygens (including phenoxy) is 1. The van der Waals surface area contributed by atoms with E-state index in [-0.39, 0.29) is 18.1 Å². The van der Waals surface area contributed by atoms with Gasteiger partial charge in [0.05, 0.1) is 18.0 Å². The molecule has 0 aliphatic rings. The summed E-state index contributed by atoms with van der Waals surface area (Å²) < 4.78 is 13.2. The Hall–Kier alpha value is -4.65. The highest BCUT2D eigenvalue weighted by Gasteiger charge is 2.17. The van der Waals surface area contributed by atoms with Crippen LogP contribution in [0, 0.1) is 6.92 Å². The first-order valence-corrected chi connectivity index (χ1v) is 12.8. The van der Waals surface area contributed by atoms with Gasteiger partial charge in [0.2, 0.25) is 0 Å². The molecule has 0 unspecified atom stereocenters. The molecule has 0 bridgehead atoms. The van der Waals surface area contributed by atoms with Crippen molar-refractivity contribution in [1.29, 1.82) is 0 Å². The van der Waals surface area contributed by atoms with Crippen molar-refractivity contribution < 1.29 is 14.1 Å². The average Bonchev–Trinajstić information content (AvgIpc) is 3.62. The van der Waals surface area contributed by atoms with Crippen LogP contribution in [0.2, 0.25) is 0 Å². The number of carbonyl (C=O) groups excluding carboxylic acids is 1. The maximum Gasteiger partial charge on any atom is 0.273 e.